The second-order valence-corrected chi connectivity index (χ2v) is 6.37. The smallest absolute Gasteiger partial charge is 0.128 e. The van der Waals surface area contributed by atoms with E-state index in [4.69, 9.17) is 0 Å². The molecule has 1 aromatic heterocycles. The third-order valence-electron chi connectivity index (χ3n) is 3.64. The molecule has 1 N–H and O–H groups in total. The molecule has 4 nitrogen and oxygen atoms in total. The van der Waals surface area contributed by atoms with Crippen LogP contribution in [0.1, 0.15) is 33.3 Å². The van der Waals surface area contributed by atoms with Crippen molar-refractivity contribution >= 4 is 18.2 Å². The zero-order valence-corrected chi connectivity index (χ0v) is 13.4. The van der Waals surface area contributed by atoms with Crippen molar-refractivity contribution in [1.82, 2.24) is 10.3 Å². The van der Waals surface area contributed by atoms with Crippen LogP contribution in [0.4, 0.5) is 5.82 Å². The molecule has 0 aromatic carbocycles. The van der Waals surface area contributed by atoms with Crippen LogP contribution < -0.4 is 10.2 Å². The molecule has 0 atom stereocenters. The number of piperazine rings is 1. The maximum absolute atomic E-state index is 9.24. The Balaban J connectivity index is 0.00000200. The van der Waals surface area contributed by atoms with E-state index >= 15 is 0 Å². The number of pyridine rings is 1. The molecular weight excluding hydrogens is 272 g/mol. The summed E-state index contributed by atoms with van der Waals surface area (Å²) in [6.45, 7) is 11.1. The van der Waals surface area contributed by atoms with E-state index in [9.17, 15) is 5.26 Å². The standard InChI is InChI=1S/C15H22N4.ClH/c1-14(2,10-16)12-5-6-17-13(9-12)19-8-7-18-15(3,4)11-19;/h5-6,9,18H,7-8,11H2,1-4H3;1H. The Morgan fingerprint density at radius 3 is 2.75 bits per heavy atom. The minimum absolute atomic E-state index is 0. The summed E-state index contributed by atoms with van der Waals surface area (Å²) in [4.78, 5) is 6.75. The highest BCUT2D eigenvalue weighted by atomic mass is 35.5. The van der Waals surface area contributed by atoms with Gasteiger partial charge in [0.05, 0.1) is 11.5 Å². The molecule has 0 radical (unpaired) electrons. The van der Waals surface area contributed by atoms with Crippen molar-refractivity contribution in [2.75, 3.05) is 24.5 Å². The van der Waals surface area contributed by atoms with E-state index in [1.807, 2.05) is 26.0 Å². The SMILES string of the molecule is CC1(C)CN(c2cc(C(C)(C)C#N)ccn2)CCN1.Cl. The first-order chi connectivity index (χ1) is 8.84. The Labute approximate surface area is 127 Å². The van der Waals surface area contributed by atoms with Gasteiger partial charge >= 0.3 is 0 Å². The first-order valence-electron chi connectivity index (χ1n) is 6.72. The van der Waals surface area contributed by atoms with E-state index < -0.39 is 5.41 Å². The van der Waals surface area contributed by atoms with Gasteiger partial charge in [0.15, 0.2) is 0 Å². The first kappa shape index (κ1) is 16.7. The minimum atomic E-state index is -0.471. The molecular formula is C15H23ClN4. The van der Waals surface area contributed by atoms with E-state index in [-0.39, 0.29) is 17.9 Å². The summed E-state index contributed by atoms with van der Waals surface area (Å²) in [7, 11) is 0. The number of nitriles is 1. The number of nitrogens with one attached hydrogen (secondary N) is 1. The monoisotopic (exact) mass is 294 g/mol. The van der Waals surface area contributed by atoms with Gasteiger partial charge in [0.25, 0.3) is 0 Å². The van der Waals surface area contributed by atoms with Crippen LogP contribution >= 0.6 is 12.4 Å². The average Bonchev–Trinajstić information content (AvgIpc) is 2.38. The maximum Gasteiger partial charge on any atom is 0.128 e. The molecule has 0 amide bonds. The van der Waals surface area contributed by atoms with Crippen LogP contribution in [-0.4, -0.2) is 30.2 Å². The lowest BCUT2D eigenvalue weighted by atomic mass is 9.87. The molecule has 1 fully saturated rings. The van der Waals surface area contributed by atoms with Crippen LogP contribution in [0.25, 0.3) is 0 Å². The van der Waals surface area contributed by atoms with Gasteiger partial charge in [-0.2, -0.15) is 5.26 Å². The Kier molecular flexibility index (Phi) is 5.01. The van der Waals surface area contributed by atoms with Crippen molar-refractivity contribution in [3.05, 3.63) is 23.9 Å². The second kappa shape index (κ2) is 5.99. The number of rotatable bonds is 2. The summed E-state index contributed by atoms with van der Waals surface area (Å²) in [5, 5.41) is 12.7. The maximum atomic E-state index is 9.24. The molecule has 1 aliphatic rings. The van der Waals surface area contributed by atoms with Crippen LogP contribution in [0.3, 0.4) is 0 Å². The number of nitrogens with zero attached hydrogens (tertiary/aromatic N) is 3. The highest BCUT2D eigenvalue weighted by Crippen LogP contribution is 2.26. The molecule has 1 aliphatic heterocycles. The largest absolute Gasteiger partial charge is 0.354 e. The fraction of sp³-hybridized carbons (Fsp3) is 0.600. The molecule has 110 valence electrons. The Bertz CT molecular complexity index is 505. The molecule has 1 aromatic rings. The van der Waals surface area contributed by atoms with Crippen LogP contribution in [0.2, 0.25) is 0 Å². The Morgan fingerprint density at radius 1 is 1.45 bits per heavy atom. The van der Waals surface area contributed by atoms with Gasteiger partial charge in [-0.15, -0.1) is 12.4 Å². The van der Waals surface area contributed by atoms with E-state index in [1.54, 1.807) is 6.20 Å². The van der Waals surface area contributed by atoms with Crippen molar-refractivity contribution in [2.45, 2.75) is 38.6 Å². The van der Waals surface area contributed by atoms with Gasteiger partial charge in [-0.05, 0) is 45.4 Å². The van der Waals surface area contributed by atoms with E-state index in [2.05, 4.69) is 35.1 Å². The van der Waals surface area contributed by atoms with Crippen molar-refractivity contribution in [3.8, 4) is 6.07 Å². The van der Waals surface area contributed by atoms with Gasteiger partial charge in [-0.25, -0.2) is 4.98 Å². The summed E-state index contributed by atoms with van der Waals surface area (Å²) < 4.78 is 0. The lowest BCUT2D eigenvalue weighted by Crippen LogP contribution is -2.57. The topological polar surface area (TPSA) is 52.0 Å². The zero-order chi connectivity index (χ0) is 14.1. The number of halogens is 1. The molecule has 2 rings (SSSR count). The normalized spacial score (nSPS) is 18.1. The van der Waals surface area contributed by atoms with Gasteiger partial charge in [-0.3, -0.25) is 0 Å². The summed E-state index contributed by atoms with van der Waals surface area (Å²) in [5.41, 5.74) is 0.651. The van der Waals surface area contributed by atoms with Gasteiger partial charge in [0.1, 0.15) is 5.82 Å². The molecule has 0 aliphatic carbocycles. The minimum Gasteiger partial charge on any atom is -0.354 e. The van der Waals surface area contributed by atoms with E-state index in [1.165, 1.54) is 0 Å². The Hall–Kier alpha value is -1.31. The van der Waals surface area contributed by atoms with E-state index in [0.29, 0.717) is 0 Å². The lowest BCUT2D eigenvalue weighted by molar-refractivity contribution is 0.351. The van der Waals surface area contributed by atoms with Crippen molar-refractivity contribution < 1.29 is 0 Å². The number of hydrogen-bond donors (Lipinski definition) is 1. The zero-order valence-electron chi connectivity index (χ0n) is 12.6. The highest BCUT2D eigenvalue weighted by molar-refractivity contribution is 5.85. The van der Waals surface area contributed by atoms with Gasteiger partial charge < -0.3 is 10.2 Å². The van der Waals surface area contributed by atoms with Crippen molar-refractivity contribution in [2.24, 2.45) is 0 Å². The average molecular weight is 295 g/mol. The van der Waals surface area contributed by atoms with Crippen LogP contribution in [0.15, 0.2) is 18.3 Å². The summed E-state index contributed by atoms with van der Waals surface area (Å²) in [5.74, 6) is 0.968. The molecule has 5 heteroatoms. The molecule has 0 unspecified atom stereocenters. The number of hydrogen-bond acceptors (Lipinski definition) is 4. The molecule has 0 bridgehead atoms. The van der Waals surface area contributed by atoms with Crippen molar-refractivity contribution in [3.63, 3.8) is 0 Å². The molecule has 0 saturated carbocycles. The lowest BCUT2D eigenvalue weighted by Gasteiger charge is -2.40. The summed E-state index contributed by atoms with van der Waals surface area (Å²) >= 11 is 0. The van der Waals surface area contributed by atoms with Crippen LogP contribution in [-0.2, 0) is 5.41 Å². The molecule has 2 heterocycles. The number of aromatic nitrogens is 1. The number of anilines is 1. The first-order valence-corrected chi connectivity index (χ1v) is 6.72. The third kappa shape index (κ3) is 3.62. The fourth-order valence-corrected chi connectivity index (χ4v) is 2.38. The van der Waals surface area contributed by atoms with Gasteiger partial charge in [0, 0.05) is 31.4 Å². The Morgan fingerprint density at radius 2 is 2.15 bits per heavy atom. The van der Waals surface area contributed by atoms with E-state index in [0.717, 1.165) is 31.0 Å². The summed E-state index contributed by atoms with van der Waals surface area (Å²) in [6, 6.07) is 6.32. The predicted molar refractivity (Wildman–Crippen MR) is 84.4 cm³/mol. The molecule has 1 saturated heterocycles. The second-order valence-electron chi connectivity index (χ2n) is 6.37. The summed E-state index contributed by atoms with van der Waals surface area (Å²) in [6.07, 6.45) is 1.80. The highest BCUT2D eigenvalue weighted by Gasteiger charge is 2.27. The third-order valence-corrected chi connectivity index (χ3v) is 3.64. The van der Waals surface area contributed by atoms with Crippen LogP contribution in [0.5, 0.6) is 0 Å². The van der Waals surface area contributed by atoms with Crippen molar-refractivity contribution in [1.29, 1.82) is 5.26 Å². The van der Waals surface area contributed by atoms with Gasteiger partial charge in [0.2, 0.25) is 0 Å². The van der Waals surface area contributed by atoms with Crippen LogP contribution in [0, 0.1) is 11.3 Å². The molecule has 0 spiro atoms. The van der Waals surface area contributed by atoms with Gasteiger partial charge in [-0.1, -0.05) is 0 Å². The fourth-order valence-electron chi connectivity index (χ4n) is 2.38. The predicted octanol–water partition coefficient (Wildman–Crippen LogP) is 2.49. The molecule has 20 heavy (non-hydrogen) atoms. The quantitative estimate of drug-likeness (QED) is 0.910.